The van der Waals surface area contributed by atoms with E-state index in [1.807, 2.05) is 24.3 Å². The molecule has 4 heteroatoms. The average molecular weight is 295 g/mol. The molecule has 0 radical (unpaired) electrons. The van der Waals surface area contributed by atoms with Crippen molar-refractivity contribution < 1.29 is 4.74 Å². The van der Waals surface area contributed by atoms with E-state index < -0.39 is 0 Å². The third-order valence-electron chi connectivity index (χ3n) is 3.43. The minimum absolute atomic E-state index is 0.244. The molecule has 1 aromatic carbocycles. The summed E-state index contributed by atoms with van der Waals surface area (Å²) in [4.78, 5) is 4.66. The van der Waals surface area contributed by atoms with Crippen LogP contribution in [-0.2, 0) is 4.74 Å². The number of hydrogen-bond donors (Lipinski definition) is 1. The van der Waals surface area contributed by atoms with Gasteiger partial charge in [0.1, 0.15) is 6.10 Å². The summed E-state index contributed by atoms with van der Waals surface area (Å²) < 4.78 is 6.99. The molecule has 3 unspecified atom stereocenters. The molecule has 0 saturated heterocycles. The molecule has 17 heavy (non-hydrogen) atoms. The van der Waals surface area contributed by atoms with E-state index >= 15 is 0 Å². The molecule has 3 rings (SSSR count). The highest BCUT2D eigenvalue weighted by molar-refractivity contribution is 9.10. The molecule has 3 nitrogen and oxygen atoms in total. The van der Waals surface area contributed by atoms with Gasteiger partial charge in [-0.3, -0.25) is 0 Å². The van der Waals surface area contributed by atoms with Gasteiger partial charge in [0.2, 0.25) is 5.90 Å². The molecular formula is C13H15BrN2O. The van der Waals surface area contributed by atoms with E-state index in [1.165, 1.54) is 0 Å². The summed E-state index contributed by atoms with van der Waals surface area (Å²) in [6.07, 6.45) is 3.26. The van der Waals surface area contributed by atoms with Crippen molar-refractivity contribution in [2.75, 3.05) is 0 Å². The lowest BCUT2D eigenvalue weighted by Gasteiger charge is -2.26. The van der Waals surface area contributed by atoms with Crippen LogP contribution in [0.15, 0.2) is 33.7 Å². The Morgan fingerprint density at radius 1 is 1.24 bits per heavy atom. The minimum Gasteiger partial charge on any atom is -0.472 e. The minimum atomic E-state index is 0.244. The molecule has 1 fully saturated rings. The van der Waals surface area contributed by atoms with Gasteiger partial charge >= 0.3 is 0 Å². The molecule has 1 aliphatic carbocycles. The topological polar surface area (TPSA) is 47.6 Å². The van der Waals surface area contributed by atoms with E-state index in [0.29, 0.717) is 0 Å². The Morgan fingerprint density at radius 2 is 2.00 bits per heavy atom. The first kappa shape index (κ1) is 11.2. The monoisotopic (exact) mass is 294 g/mol. The number of nitrogens with two attached hydrogens (primary N) is 1. The molecule has 2 N–H and O–H groups in total. The lowest BCUT2D eigenvalue weighted by molar-refractivity contribution is 0.145. The van der Waals surface area contributed by atoms with Crippen LogP contribution in [0.2, 0.25) is 0 Å². The van der Waals surface area contributed by atoms with Crippen LogP contribution in [-0.4, -0.2) is 24.1 Å². The quantitative estimate of drug-likeness (QED) is 0.865. The number of ether oxygens (including phenoxy) is 1. The van der Waals surface area contributed by atoms with Gasteiger partial charge in [-0.25, -0.2) is 4.99 Å². The third kappa shape index (κ3) is 2.24. The van der Waals surface area contributed by atoms with E-state index in [-0.39, 0.29) is 18.2 Å². The highest BCUT2D eigenvalue weighted by atomic mass is 79.9. The molecular weight excluding hydrogens is 280 g/mol. The van der Waals surface area contributed by atoms with Crippen LogP contribution in [0.3, 0.4) is 0 Å². The van der Waals surface area contributed by atoms with Crippen LogP contribution < -0.4 is 5.73 Å². The fourth-order valence-corrected chi connectivity index (χ4v) is 2.75. The molecule has 0 bridgehead atoms. The molecule has 1 aliphatic heterocycles. The average Bonchev–Trinajstić information content (AvgIpc) is 2.72. The lowest BCUT2D eigenvalue weighted by atomic mass is 9.90. The molecule has 1 heterocycles. The standard InChI is InChI=1S/C13H15BrN2O/c14-9-3-1-8(2-4-9)13-16-11-7-10(15)5-6-12(11)17-13/h1-4,10-12H,5-7,15H2. The van der Waals surface area contributed by atoms with Gasteiger partial charge in [-0.05, 0) is 43.5 Å². The van der Waals surface area contributed by atoms with Gasteiger partial charge in [0.05, 0.1) is 6.04 Å². The van der Waals surface area contributed by atoms with Crippen LogP contribution >= 0.6 is 15.9 Å². The van der Waals surface area contributed by atoms with Crippen LogP contribution in [0.5, 0.6) is 0 Å². The van der Waals surface area contributed by atoms with Crippen LogP contribution in [0.4, 0.5) is 0 Å². The molecule has 0 aromatic heterocycles. The zero-order valence-electron chi connectivity index (χ0n) is 9.47. The lowest BCUT2D eigenvalue weighted by Crippen LogP contribution is -2.37. The number of rotatable bonds is 1. The van der Waals surface area contributed by atoms with E-state index in [1.54, 1.807) is 0 Å². The van der Waals surface area contributed by atoms with Gasteiger partial charge in [-0.1, -0.05) is 15.9 Å². The van der Waals surface area contributed by atoms with Crippen LogP contribution in [0.25, 0.3) is 0 Å². The largest absolute Gasteiger partial charge is 0.472 e. The van der Waals surface area contributed by atoms with Gasteiger partial charge in [0, 0.05) is 16.1 Å². The van der Waals surface area contributed by atoms with Crippen molar-refractivity contribution in [3.8, 4) is 0 Å². The highest BCUT2D eigenvalue weighted by Gasteiger charge is 2.36. The van der Waals surface area contributed by atoms with Crippen LogP contribution in [0.1, 0.15) is 24.8 Å². The Kier molecular flexibility index (Phi) is 2.92. The summed E-state index contributed by atoms with van der Waals surface area (Å²) in [5.74, 6) is 0.779. The first-order valence-electron chi connectivity index (χ1n) is 5.98. The van der Waals surface area contributed by atoms with Gasteiger partial charge in [0.25, 0.3) is 0 Å². The maximum absolute atomic E-state index is 5.96. The van der Waals surface area contributed by atoms with Gasteiger partial charge in [-0.15, -0.1) is 0 Å². The highest BCUT2D eigenvalue weighted by Crippen LogP contribution is 2.29. The van der Waals surface area contributed by atoms with Crippen molar-refractivity contribution >= 4 is 21.8 Å². The van der Waals surface area contributed by atoms with E-state index in [2.05, 4.69) is 20.9 Å². The van der Waals surface area contributed by atoms with Gasteiger partial charge in [0.15, 0.2) is 0 Å². The predicted octanol–water partition coefficient (Wildman–Crippen LogP) is 2.47. The molecule has 90 valence electrons. The smallest absolute Gasteiger partial charge is 0.216 e. The molecule has 0 amide bonds. The van der Waals surface area contributed by atoms with Gasteiger partial charge in [-0.2, -0.15) is 0 Å². The number of fused-ring (bicyclic) bond motifs is 1. The normalized spacial score (nSPS) is 31.6. The Labute approximate surface area is 109 Å². The maximum atomic E-state index is 5.96. The molecule has 0 spiro atoms. The third-order valence-corrected chi connectivity index (χ3v) is 3.96. The summed E-state index contributed by atoms with van der Waals surface area (Å²) in [6, 6.07) is 8.62. The van der Waals surface area contributed by atoms with Crippen molar-refractivity contribution in [2.45, 2.75) is 37.5 Å². The van der Waals surface area contributed by atoms with Crippen molar-refractivity contribution in [1.29, 1.82) is 0 Å². The van der Waals surface area contributed by atoms with E-state index in [4.69, 9.17) is 10.5 Å². The SMILES string of the molecule is NC1CCC2OC(c3ccc(Br)cc3)=NC2C1. The van der Waals surface area contributed by atoms with Gasteiger partial charge < -0.3 is 10.5 Å². The Bertz CT molecular complexity index is 443. The fourth-order valence-electron chi connectivity index (χ4n) is 2.48. The molecule has 3 atom stereocenters. The fraction of sp³-hybridized carbons (Fsp3) is 0.462. The summed E-state index contributed by atoms with van der Waals surface area (Å²) in [6.45, 7) is 0. The first-order chi connectivity index (χ1) is 8.22. The second-order valence-corrected chi connectivity index (χ2v) is 5.65. The molecule has 1 aromatic rings. The van der Waals surface area contributed by atoms with Crippen molar-refractivity contribution in [1.82, 2.24) is 0 Å². The zero-order valence-corrected chi connectivity index (χ0v) is 11.1. The number of aliphatic imine (C=N–C) groups is 1. The predicted molar refractivity (Wildman–Crippen MR) is 71.2 cm³/mol. The number of hydrogen-bond acceptors (Lipinski definition) is 3. The maximum Gasteiger partial charge on any atom is 0.216 e. The van der Waals surface area contributed by atoms with E-state index in [9.17, 15) is 0 Å². The first-order valence-corrected chi connectivity index (χ1v) is 6.77. The summed E-state index contributed by atoms with van der Waals surface area (Å²) >= 11 is 3.43. The number of nitrogens with zero attached hydrogens (tertiary/aromatic N) is 1. The Balaban J connectivity index is 1.81. The summed E-state index contributed by atoms with van der Waals surface area (Å²) in [5.41, 5.74) is 7.02. The molecule has 1 saturated carbocycles. The number of halogens is 1. The summed E-state index contributed by atoms with van der Waals surface area (Å²) in [5, 5.41) is 0. The second-order valence-electron chi connectivity index (χ2n) is 4.74. The molecule has 2 aliphatic rings. The van der Waals surface area contributed by atoms with Crippen molar-refractivity contribution in [3.05, 3.63) is 34.3 Å². The van der Waals surface area contributed by atoms with Crippen LogP contribution in [0, 0.1) is 0 Å². The zero-order chi connectivity index (χ0) is 11.8. The Hall–Kier alpha value is -0.870. The summed E-state index contributed by atoms with van der Waals surface area (Å²) in [7, 11) is 0. The number of benzene rings is 1. The Morgan fingerprint density at radius 3 is 2.76 bits per heavy atom. The van der Waals surface area contributed by atoms with E-state index in [0.717, 1.165) is 35.2 Å². The second kappa shape index (κ2) is 4.42. The van der Waals surface area contributed by atoms with Crippen molar-refractivity contribution in [3.63, 3.8) is 0 Å². The van der Waals surface area contributed by atoms with Crippen molar-refractivity contribution in [2.24, 2.45) is 10.7 Å².